The number of halogens is 1. The van der Waals surface area contributed by atoms with Crippen molar-refractivity contribution in [3.8, 4) is 5.75 Å². The van der Waals surface area contributed by atoms with E-state index in [0.717, 1.165) is 36.4 Å². The third kappa shape index (κ3) is 3.88. The maximum Gasteiger partial charge on any atom is 0.295 e. The molecule has 1 atom stereocenters. The Bertz CT molecular complexity index is 1050. The number of hydrogen-bond acceptors (Lipinski definition) is 5. The van der Waals surface area contributed by atoms with Crippen molar-refractivity contribution in [2.75, 3.05) is 31.6 Å². The molecule has 0 radical (unpaired) electrons. The van der Waals surface area contributed by atoms with Crippen molar-refractivity contribution in [2.24, 2.45) is 0 Å². The fourth-order valence-corrected chi connectivity index (χ4v) is 4.21. The Balaban J connectivity index is 1.84. The number of benzene rings is 2. The van der Waals surface area contributed by atoms with Crippen LogP contribution in [0.4, 0.5) is 5.69 Å². The Kier molecular flexibility index (Phi) is 5.92. The summed E-state index contributed by atoms with van der Waals surface area (Å²) < 4.78 is 5.67. The zero-order valence-corrected chi connectivity index (χ0v) is 18.4. The summed E-state index contributed by atoms with van der Waals surface area (Å²) >= 11 is 6.05. The fraction of sp³-hybridized carbons (Fsp3) is 0.333. The number of carbonyl (C=O) groups excluding carboxylic acids is 2. The van der Waals surface area contributed by atoms with E-state index in [1.807, 2.05) is 18.9 Å². The summed E-state index contributed by atoms with van der Waals surface area (Å²) in [6, 6.07) is 11.7. The van der Waals surface area contributed by atoms with Gasteiger partial charge in [-0.1, -0.05) is 37.1 Å². The van der Waals surface area contributed by atoms with Crippen molar-refractivity contribution in [3.63, 3.8) is 0 Å². The van der Waals surface area contributed by atoms with Crippen molar-refractivity contribution in [3.05, 3.63) is 64.2 Å². The number of aliphatic hydroxyl groups is 1. The first-order chi connectivity index (χ1) is 14.9. The van der Waals surface area contributed by atoms with Gasteiger partial charge in [0.05, 0.1) is 23.8 Å². The van der Waals surface area contributed by atoms with E-state index >= 15 is 0 Å². The molecule has 0 spiro atoms. The molecule has 7 heteroatoms. The minimum atomic E-state index is -0.670. The van der Waals surface area contributed by atoms with Crippen molar-refractivity contribution in [2.45, 2.75) is 25.8 Å². The molecule has 0 bridgehead atoms. The van der Waals surface area contributed by atoms with Crippen LogP contribution < -0.4 is 9.64 Å². The van der Waals surface area contributed by atoms with Gasteiger partial charge in [0.2, 0.25) is 0 Å². The maximum atomic E-state index is 13.0. The molecule has 2 aliphatic rings. The number of ether oxygens (including phenoxy) is 1. The average Bonchev–Trinajstić information content (AvgIpc) is 3.02. The molecule has 2 aromatic carbocycles. The molecule has 1 N–H and O–H groups in total. The smallest absolute Gasteiger partial charge is 0.295 e. The van der Waals surface area contributed by atoms with Crippen LogP contribution >= 0.6 is 11.6 Å². The summed E-state index contributed by atoms with van der Waals surface area (Å²) in [7, 11) is 1.95. The van der Waals surface area contributed by atoms with Crippen LogP contribution in [0.15, 0.2) is 48.0 Å². The zero-order chi connectivity index (χ0) is 22.1. The topological polar surface area (TPSA) is 70.1 Å². The standard InChI is InChI=1S/C24H25ClN2O4/c1-3-4-11-27-21(15-5-8-17(25)9-6-15)20(23(29)24(27)30)22(28)16-7-10-19-18(14-16)26(2)12-13-31-19/h5-10,14,21,28H,3-4,11-13H2,1-2H3/b22-20-. The van der Waals surface area contributed by atoms with Crippen LogP contribution in [0, 0.1) is 0 Å². The van der Waals surface area contributed by atoms with Gasteiger partial charge < -0.3 is 19.6 Å². The fourth-order valence-electron chi connectivity index (χ4n) is 4.08. The second-order valence-electron chi connectivity index (χ2n) is 7.85. The number of fused-ring (bicyclic) bond motifs is 1. The van der Waals surface area contributed by atoms with Gasteiger partial charge in [-0.25, -0.2) is 0 Å². The molecule has 1 saturated heterocycles. The number of anilines is 1. The number of likely N-dealkylation sites (N-methyl/N-ethyl adjacent to an activating group) is 1. The van der Waals surface area contributed by atoms with Gasteiger partial charge in [0.25, 0.3) is 11.7 Å². The minimum absolute atomic E-state index is 0.0998. The zero-order valence-electron chi connectivity index (χ0n) is 17.6. The third-order valence-corrected chi connectivity index (χ3v) is 6.06. The summed E-state index contributed by atoms with van der Waals surface area (Å²) in [5, 5.41) is 11.8. The first-order valence-corrected chi connectivity index (χ1v) is 10.8. The Morgan fingerprint density at radius 3 is 2.65 bits per heavy atom. The molecular weight excluding hydrogens is 416 g/mol. The van der Waals surface area contributed by atoms with Crippen molar-refractivity contribution < 1.29 is 19.4 Å². The molecule has 2 aromatic rings. The van der Waals surface area contributed by atoms with E-state index in [2.05, 4.69) is 0 Å². The summed E-state index contributed by atoms with van der Waals surface area (Å²) in [5.41, 5.74) is 2.14. The van der Waals surface area contributed by atoms with Crippen LogP contribution in [-0.4, -0.2) is 48.4 Å². The Hall–Kier alpha value is -2.99. The average molecular weight is 441 g/mol. The number of carbonyl (C=O) groups is 2. The maximum absolute atomic E-state index is 13.0. The Labute approximate surface area is 186 Å². The SMILES string of the molecule is CCCCN1C(=O)C(=O)/C(=C(\O)c2ccc3c(c2)N(C)CCO3)C1c1ccc(Cl)cc1. The van der Waals surface area contributed by atoms with E-state index in [1.165, 1.54) is 0 Å². The molecule has 0 aromatic heterocycles. The number of ketones is 1. The van der Waals surface area contributed by atoms with Crippen LogP contribution in [-0.2, 0) is 9.59 Å². The molecule has 1 fully saturated rings. The second-order valence-corrected chi connectivity index (χ2v) is 8.29. The number of Topliss-reactive ketones (excluding diaryl/α,β-unsaturated/α-hetero) is 1. The van der Waals surface area contributed by atoms with E-state index in [9.17, 15) is 14.7 Å². The Morgan fingerprint density at radius 1 is 1.19 bits per heavy atom. The highest BCUT2D eigenvalue weighted by molar-refractivity contribution is 6.46. The van der Waals surface area contributed by atoms with Crippen LogP contribution in [0.1, 0.15) is 36.9 Å². The normalized spacial score (nSPS) is 20.0. The number of amides is 1. The van der Waals surface area contributed by atoms with E-state index in [0.29, 0.717) is 23.7 Å². The molecule has 6 nitrogen and oxygen atoms in total. The van der Waals surface area contributed by atoms with Gasteiger partial charge in [-0.3, -0.25) is 9.59 Å². The summed E-state index contributed by atoms with van der Waals surface area (Å²) in [5.74, 6) is -0.716. The van der Waals surface area contributed by atoms with Gasteiger partial charge >= 0.3 is 0 Å². The van der Waals surface area contributed by atoms with Crippen LogP contribution in [0.3, 0.4) is 0 Å². The van der Waals surface area contributed by atoms with Crippen LogP contribution in [0.25, 0.3) is 5.76 Å². The number of nitrogens with zero attached hydrogens (tertiary/aromatic N) is 2. The first-order valence-electron chi connectivity index (χ1n) is 10.4. The first kappa shape index (κ1) is 21.2. The molecule has 1 amide bonds. The van der Waals surface area contributed by atoms with Crippen LogP contribution in [0.2, 0.25) is 5.02 Å². The van der Waals surface area contributed by atoms with Crippen molar-refractivity contribution in [1.29, 1.82) is 0 Å². The molecule has 4 rings (SSSR count). The quantitative estimate of drug-likeness (QED) is 0.424. The molecule has 0 saturated carbocycles. The van der Waals surface area contributed by atoms with Gasteiger partial charge in [-0.15, -0.1) is 0 Å². The van der Waals surface area contributed by atoms with Gasteiger partial charge in [-0.2, -0.15) is 0 Å². The van der Waals surface area contributed by atoms with Crippen molar-refractivity contribution in [1.82, 2.24) is 4.90 Å². The number of likely N-dealkylation sites (tertiary alicyclic amines) is 1. The largest absolute Gasteiger partial charge is 0.507 e. The lowest BCUT2D eigenvalue weighted by molar-refractivity contribution is -0.139. The molecular formula is C24H25ClN2O4. The summed E-state index contributed by atoms with van der Waals surface area (Å²) in [6.45, 7) is 3.78. The molecule has 1 unspecified atom stereocenters. The van der Waals surface area contributed by atoms with E-state index in [4.69, 9.17) is 16.3 Å². The minimum Gasteiger partial charge on any atom is -0.507 e. The monoisotopic (exact) mass is 440 g/mol. The molecule has 2 heterocycles. The number of rotatable bonds is 5. The van der Waals surface area contributed by atoms with E-state index in [1.54, 1.807) is 47.4 Å². The third-order valence-electron chi connectivity index (χ3n) is 5.81. The van der Waals surface area contributed by atoms with Gasteiger partial charge in [-0.05, 0) is 42.3 Å². The summed E-state index contributed by atoms with van der Waals surface area (Å²) in [4.78, 5) is 29.5. The van der Waals surface area contributed by atoms with Crippen molar-refractivity contribution >= 4 is 34.7 Å². The Morgan fingerprint density at radius 2 is 1.94 bits per heavy atom. The van der Waals surface area contributed by atoms with Gasteiger partial charge in [0.1, 0.15) is 18.1 Å². The lowest BCUT2D eigenvalue weighted by atomic mass is 9.95. The highest BCUT2D eigenvalue weighted by atomic mass is 35.5. The summed E-state index contributed by atoms with van der Waals surface area (Å²) in [6.07, 6.45) is 1.64. The number of hydrogen-bond donors (Lipinski definition) is 1. The highest BCUT2D eigenvalue weighted by Gasteiger charge is 2.45. The van der Waals surface area contributed by atoms with E-state index < -0.39 is 17.7 Å². The lowest BCUT2D eigenvalue weighted by Gasteiger charge is -2.28. The second kappa shape index (κ2) is 8.63. The molecule has 2 aliphatic heterocycles. The van der Waals surface area contributed by atoms with Gasteiger partial charge in [0.15, 0.2) is 0 Å². The lowest BCUT2D eigenvalue weighted by Crippen LogP contribution is -2.30. The molecule has 162 valence electrons. The highest BCUT2D eigenvalue weighted by Crippen LogP contribution is 2.41. The molecule has 0 aliphatic carbocycles. The van der Waals surface area contributed by atoms with E-state index in [-0.39, 0.29) is 11.3 Å². The predicted molar refractivity (Wildman–Crippen MR) is 121 cm³/mol. The van der Waals surface area contributed by atoms with Crippen LogP contribution in [0.5, 0.6) is 5.75 Å². The number of unbranched alkanes of at least 4 members (excludes halogenated alkanes) is 1. The molecule has 31 heavy (non-hydrogen) atoms. The predicted octanol–water partition coefficient (Wildman–Crippen LogP) is 4.39. The van der Waals surface area contributed by atoms with Gasteiger partial charge in [0, 0.05) is 24.2 Å². The number of aliphatic hydroxyl groups excluding tert-OH is 1.